The third-order valence-corrected chi connectivity index (χ3v) is 5.41. The molecule has 0 aromatic carbocycles. The highest BCUT2D eigenvalue weighted by molar-refractivity contribution is 5.73. The number of carboxylic acid groups (broad SMARTS) is 1. The molecular weight excluding hydrogens is 232 g/mol. The van der Waals surface area contributed by atoms with E-state index in [9.17, 15) is 9.90 Å². The fourth-order valence-corrected chi connectivity index (χ4v) is 4.20. The first-order chi connectivity index (χ1) is 8.66. The molecule has 4 aliphatic rings. The molecule has 4 heteroatoms. The molecule has 0 amide bonds. The van der Waals surface area contributed by atoms with Crippen molar-refractivity contribution in [3.8, 4) is 0 Å². The van der Waals surface area contributed by atoms with Crippen LogP contribution in [0.15, 0.2) is 0 Å². The third-order valence-electron chi connectivity index (χ3n) is 5.41. The largest absolute Gasteiger partial charge is 0.550 e. The number of hydrogen-bond acceptors (Lipinski definition) is 4. The number of aliphatic carboxylic acids is 1. The summed E-state index contributed by atoms with van der Waals surface area (Å²) in [5, 5.41) is 11.6. The van der Waals surface area contributed by atoms with Crippen LogP contribution in [-0.4, -0.2) is 30.4 Å². The molecule has 6 unspecified atom stereocenters. The molecule has 4 fully saturated rings. The van der Waals surface area contributed by atoms with Gasteiger partial charge in [0.2, 0.25) is 0 Å². The van der Waals surface area contributed by atoms with Crippen molar-refractivity contribution in [1.82, 2.24) is 0 Å². The summed E-state index contributed by atoms with van der Waals surface area (Å²) >= 11 is 0. The van der Waals surface area contributed by atoms with Gasteiger partial charge in [-0.2, -0.15) is 0 Å². The van der Waals surface area contributed by atoms with Gasteiger partial charge in [-0.1, -0.05) is 0 Å². The molecule has 6 atom stereocenters. The van der Waals surface area contributed by atoms with E-state index in [-0.39, 0.29) is 6.10 Å². The Morgan fingerprint density at radius 3 is 2.61 bits per heavy atom. The lowest BCUT2D eigenvalue weighted by Crippen LogP contribution is -2.46. The van der Waals surface area contributed by atoms with Crippen molar-refractivity contribution in [3.63, 3.8) is 0 Å². The summed E-state index contributed by atoms with van der Waals surface area (Å²) in [5.74, 6) is -0.350. The number of fused-ring (bicyclic) bond motifs is 2. The number of rotatable bonds is 3. The molecule has 0 aromatic heterocycles. The summed E-state index contributed by atoms with van der Waals surface area (Å²) in [5.41, 5.74) is -0.621. The van der Waals surface area contributed by atoms with Gasteiger partial charge >= 0.3 is 0 Å². The van der Waals surface area contributed by atoms with Crippen LogP contribution in [0.4, 0.5) is 0 Å². The van der Waals surface area contributed by atoms with E-state index in [0.717, 1.165) is 38.5 Å². The van der Waals surface area contributed by atoms with Crippen molar-refractivity contribution in [2.45, 2.75) is 69.4 Å². The number of ether oxygens (including phenoxy) is 2. The van der Waals surface area contributed by atoms with Gasteiger partial charge in [0.05, 0.1) is 24.4 Å². The second-order valence-corrected chi connectivity index (χ2v) is 6.62. The van der Waals surface area contributed by atoms with Gasteiger partial charge in [-0.3, -0.25) is 0 Å². The topological polar surface area (TPSA) is 65.2 Å². The smallest absolute Gasteiger partial charge is 0.0850 e. The standard InChI is InChI=1S/C14H20O4/c15-13(16)14(4-3-10-12(7-14)18-10)6-8-1-2-9-11(5-8)17-9/h8-12H,1-7H2,(H,15,16)/p-1. The van der Waals surface area contributed by atoms with Crippen LogP contribution in [-0.2, 0) is 14.3 Å². The summed E-state index contributed by atoms with van der Waals surface area (Å²) in [6.07, 6.45) is 7.82. The first-order valence-corrected chi connectivity index (χ1v) is 7.19. The van der Waals surface area contributed by atoms with Crippen molar-refractivity contribution < 1.29 is 19.4 Å². The van der Waals surface area contributed by atoms with Gasteiger partial charge in [-0.05, 0) is 50.9 Å². The Kier molecular flexibility index (Phi) is 2.31. The number of epoxide rings is 2. The van der Waals surface area contributed by atoms with Crippen LogP contribution in [0.2, 0.25) is 0 Å². The van der Waals surface area contributed by atoms with E-state index in [4.69, 9.17) is 9.47 Å². The average molecular weight is 251 g/mol. The highest BCUT2D eigenvalue weighted by atomic mass is 16.6. The molecule has 2 aliphatic carbocycles. The Bertz CT molecular complexity index is 382. The fourth-order valence-electron chi connectivity index (χ4n) is 4.20. The molecule has 2 saturated carbocycles. The van der Waals surface area contributed by atoms with E-state index >= 15 is 0 Å². The van der Waals surface area contributed by atoms with Crippen LogP contribution in [0.1, 0.15) is 44.9 Å². The maximum atomic E-state index is 11.6. The highest BCUT2D eigenvalue weighted by Gasteiger charge is 2.53. The lowest BCUT2D eigenvalue weighted by molar-refractivity contribution is -0.321. The first-order valence-electron chi connectivity index (χ1n) is 7.19. The molecule has 0 spiro atoms. The Labute approximate surface area is 107 Å². The molecule has 2 aliphatic heterocycles. The van der Waals surface area contributed by atoms with E-state index in [1.807, 2.05) is 0 Å². The number of carbonyl (C=O) groups is 1. The van der Waals surface area contributed by atoms with E-state index in [1.54, 1.807) is 0 Å². The molecule has 0 aromatic rings. The zero-order valence-corrected chi connectivity index (χ0v) is 10.5. The lowest BCUT2D eigenvalue weighted by atomic mass is 9.67. The minimum atomic E-state index is -0.852. The van der Waals surface area contributed by atoms with Gasteiger partial charge in [-0.15, -0.1) is 0 Å². The van der Waals surface area contributed by atoms with E-state index in [0.29, 0.717) is 30.7 Å². The summed E-state index contributed by atoms with van der Waals surface area (Å²) in [7, 11) is 0. The Morgan fingerprint density at radius 1 is 1.11 bits per heavy atom. The maximum absolute atomic E-state index is 11.6. The normalized spacial score (nSPS) is 53.2. The summed E-state index contributed by atoms with van der Waals surface area (Å²) in [4.78, 5) is 11.6. The van der Waals surface area contributed by atoms with E-state index in [1.165, 1.54) is 0 Å². The number of hydrogen-bond donors (Lipinski definition) is 0. The molecule has 0 radical (unpaired) electrons. The maximum Gasteiger partial charge on any atom is 0.0850 e. The molecular formula is C14H19O4-. The Hall–Kier alpha value is -0.610. The van der Waals surface area contributed by atoms with Crippen LogP contribution < -0.4 is 5.11 Å². The van der Waals surface area contributed by atoms with Gasteiger partial charge in [0, 0.05) is 11.4 Å². The van der Waals surface area contributed by atoms with Crippen molar-refractivity contribution in [2.24, 2.45) is 11.3 Å². The minimum Gasteiger partial charge on any atom is -0.550 e. The zero-order valence-electron chi connectivity index (χ0n) is 10.5. The SMILES string of the molecule is O=C([O-])C1(CC2CCC3OC3C2)CCC2OC2C1. The quantitative estimate of drug-likeness (QED) is 0.690. The second kappa shape index (κ2) is 3.70. The van der Waals surface area contributed by atoms with Gasteiger partial charge in [-0.25, -0.2) is 0 Å². The summed E-state index contributed by atoms with van der Waals surface area (Å²) in [6.45, 7) is 0. The number of carbonyl (C=O) groups excluding carboxylic acids is 1. The molecule has 0 N–H and O–H groups in total. The monoisotopic (exact) mass is 251 g/mol. The minimum absolute atomic E-state index is 0.199. The Morgan fingerprint density at radius 2 is 1.89 bits per heavy atom. The third kappa shape index (κ3) is 1.77. The van der Waals surface area contributed by atoms with Crippen LogP contribution in [0.25, 0.3) is 0 Å². The van der Waals surface area contributed by atoms with Crippen LogP contribution >= 0.6 is 0 Å². The zero-order chi connectivity index (χ0) is 12.3. The Balaban J connectivity index is 1.46. The molecule has 4 rings (SSSR count). The summed E-state index contributed by atoms with van der Waals surface area (Å²) < 4.78 is 11.0. The van der Waals surface area contributed by atoms with Gasteiger partial charge < -0.3 is 19.4 Å². The molecule has 18 heavy (non-hydrogen) atoms. The predicted molar refractivity (Wildman–Crippen MR) is 60.6 cm³/mol. The average Bonchev–Trinajstić information content (AvgIpc) is 3.22. The molecule has 2 heterocycles. The van der Waals surface area contributed by atoms with Gasteiger partial charge in [0.1, 0.15) is 0 Å². The van der Waals surface area contributed by atoms with Crippen LogP contribution in [0.3, 0.4) is 0 Å². The number of carboxylic acids is 1. The first kappa shape index (κ1) is 11.2. The fraction of sp³-hybridized carbons (Fsp3) is 0.929. The molecule has 4 nitrogen and oxygen atoms in total. The van der Waals surface area contributed by atoms with E-state index in [2.05, 4.69) is 0 Å². The second-order valence-electron chi connectivity index (χ2n) is 6.62. The van der Waals surface area contributed by atoms with Crippen molar-refractivity contribution in [2.75, 3.05) is 0 Å². The van der Waals surface area contributed by atoms with E-state index < -0.39 is 11.4 Å². The van der Waals surface area contributed by atoms with Crippen molar-refractivity contribution in [1.29, 1.82) is 0 Å². The van der Waals surface area contributed by atoms with Crippen molar-refractivity contribution in [3.05, 3.63) is 0 Å². The molecule has 0 bridgehead atoms. The molecule has 100 valence electrons. The predicted octanol–water partition coefficient (Wildman–Crippen LogP) is 0.632. The van der Waals surface area contributed by atoms with Gasteiger partial charge in [0.25, 0.3) is 0 Å². The van der Waals surface area contributed by atoms with Crippen LogP contribution in [0, 0.1) is 11.3 Å². The van der Waals surface area contributed by atoms with Crippen molar-refractivity contribution >= 4 is 5.97 Å². The van der Waals surface area contributed by atoms with Crippen LogP contribution in [0.5, 0.6) is 0 Å². The molecule has 2 saturated heterocycles. The lowest BCUT2D eigenvalue weighted by Gasteiger charge is -2.40. The highest BCUT2D eigenvalue weighted by Crippen LogP contribution is 2.52. The summed E-state index contributed by atoms with van der Waals surface area (Å²) in [6, 6.07) is 0. The van der Waals surface area contributed by atoms with Gasteiger partial charge in [0.15, 0.2) is 0 Å².